The summed E-state index contributed by atoms with van der Waals surface area (Å²) in [6.07, 6.45) is 0. The summed E-state index contributed by atoms with van der Waals surface area (Å²) >= 11 is 0. The van der Waals surface area contributed by atoms with Crippen LogP contribution in [0.3, 0.4) is 0 Å². The summed E-state index contributed by atoms with van der Waals surface area (Å²) in [6, 6.07) is 20.5. The minimum Gasteiger partial charge on any atom is -0.348 e. The lowest BCUT2D eigenvalue weighted by Gasteiger charge is -2.11. The molecular weight excluding hydrogens is 348 g/mol. The van der Waals surface area contributed by atoms with Crippen molar-refractivity contribution in [2.75, 3.05) is 5.32 Å². The zero-order chi connectivity index (χ0) is 20.1. The lowest BCUT2D eigenvalue weighted by molar-refractivity contribution is 0.0949. The maximum Gasteiger partial charge on any atom is 0.255 e. The summed E-state index contributed by atoms with van der Waals surface area (Å²) < 4.78 is 0. The molecule has 3 aromatic rings. The Morgan fingerprint density at radius 1 is 0.750 bits per heavy atom. The first-order valence-electron chi connectivity index (χ1n) is 9.25. The summed E-state index contributed by atoms with van der Waals surface area (Å²) in [5, 5.41) is 5.83. The molecule has 2 amide bonds. The first kappa shape index (κ1) is 19.4. The van der Waals surface area contributed by atoms with Crippen LogP contribution < -0.4 is 10.6 Å². The van der Waals surface area contributed by atoms with Crippen LogP contribution >= 0.6 is 0 Å². The number of amides is 2. The van der Waals surface area contributed by atoms with E-state index in [1.165, 1.54) is 5.56 Å². The molecule has 0 radical (unpaired) electrons. The molecule has 2 N–H and O–H groups in total. The van der Waals surface area contributed by atoms with Crippen LogP contribution in [0, 0.1) is 20.8 Å². The standard InChI is InChI=1S/C24H24N2O2/c1-16-7-9-19(10-8-16)15-25-23(27)20-11-13-21(14-12-20)24(28)26-22-6-4-5-17(2)18(22)3/h4-14H,15H2,1-3H3,(H,25,27)(H,26,28). The molecule has 0 aromatic heterocycles. The SMILES string of the molecule is Cc1ccc(CNC(=O)c2ccc(C(=O)Nc3cccc(C)c3C)cc2)cc1. The predicted octanol–water partition coefficient (Wildman–Crippen LogP) is 4.79. The normalized spacial score (nSPS) is 10.4. The Kier molecular flexibility index (Phi) is 5.90. The van der Waals surface area contributed by atoms with Gasteiger partial charge in [-0.1, -0.05) is 42.0 Å². The number of carbonyl (C=O) groups is 2. The van der Waals surface area contributed by atoms with E-state index in [1.807, 2.05) is 63.2 Å². The number of nitrogens with one attached hydrogen (secondary N) is 2. The van der Waals surface area contributed by atoms with E-state index < -0.39 is 0 Å². The summed E-state index contributed by atoms with van der Waals surface area (Å²) in [5.41, 5.74) is 6.23. The molecule has 0 atom stereocenters. The van der Waals surface area contributed by atoms with Crippen LogP contribution in [-0.2, 0) is 6.54 Å². The Morgan fingerprint density at radius 2 is 1.36 bits per heavy atom. The molecular formula is C24H24N2O2. The zero-order valence-electron chi connectivity index (χ0n) is 16.4. The molecule has 3 rings (SSSR count). The van der Waals surface area contributed by atoms with Crippen molar-refractivity contribution >= 4 is 17.5 Å². The lowest BCUT2D eigenvalue weighted by atomic mass is 10.1. The third kappa shape index (κ3) is 4.65. The van der Waals surface area contributed by atoms with Gasteiger partial charge in [-0.25, -0.2) is 0 Å². The van der Waals surface area contributed by atoms with E-state index in [2.05, 4.69) is 10.6 Å². The van der Waals surface area contributed by atoms with Gasteiger partial charge in [0.15, 0.2) is 0 Å². The fraction of sp³-hybridized carbons (Fsp3) is 0.167. The highest BCUT2D eigenvalue weighted by Gasteiger charge is 2.11. The first-order chi connectivity index (χ1) is 13.4. The van der Waals surface area contributed by atoms with Gasteiger partial charge >= 0.3 is 0 Å². The molecule has 0 spiro atoms. The number of hydrogen-bond donors (Lipinski definition) is 2. The second-order valence-electron chi connectivity index (χ2n) is 6.95. The van der Waals surface area contributed by atoms with Gasteiger partial charge in [0.05, 0.1) is 0 Å². The molecule has 4 nitrogen and oxygen atoms in total. The van der Waals surface area contributed by atoms with E-state index in [9.17, 15) is 9.59 Å². The molecule has 0 aliphatic carbocycles. The van der Waals surface area contributed by atoms with Gasteiger partial charge in [0.2, 0.25) is 0 Å². The van der Waals surface area contributed by atoms with E-state index in [0.29, 0.717) is 17.7 Å². The second-order valence-corrected chi connectivity index (χ2v) is 6.95. The van der Waals surface area contributed by atoms with Gasteiger partial charge in [-0.3, -0.25) is 9.59 Å². The number of hydrogen-bond acceptors (Lipinski definition) is 2. The first-order valence-corrected chi connectivity index (χ1v) is 9.25. The average molecular weight is 372 g/mol. The average Bonchev–Trinajstić information content (AvgIpc) is 2.71. The van der Waals surface area contributed by atoms with Crippen molar-refractivity contribution < 1.29 is 9.59 Å². The minimum absolute atomic E-state index is 0.165. The molecule has 0 bridgehead atoms. The van der Waals surface area contributed by atoms with E-state index in [4.69, 9.17) is 0 Å². The van der Waals surface area contributed by atoms with E-state index >= 15 is 0 Å². The van der Waals surface area contributed by atoms with Crippen molar-refractivity contribution in [1.82, 2.24) is 5.32 Å². The molecule has 0 unspecified atom stereocenters. The number of aryl methyl sites for hydroxylation is 2. The smallest absolute Gasteiger partial charge is 0.255 e. The monoisotopic (exact) mass is 372 g/mol. The fourth-order valence-corrected chi connectivity index (χ4v) is 2.84. The van der Waals surface area contributed by atoms with Crippen LogP contribution in [-0.4, -0.2) is 11.8 Å². The van der Waals surface area contributed by atoms with E-state index in [0.717, 1.165) is 22.4 Å². The molecule has 28 heavy (non-hydrogen) atoms. The van der Waals surface area contributed by atoms with Crippen molar-refractivity contribution in [3.05, 3.63) is 100 Å². The molecule has 4 heteroatoms. The Morgan fingerprint density at radius 3 is 2.00 bits per heavy atom. The molecule has 0 saturated heterocycles. The maximum absolute atomic E-state index is 12.5. The Bertz CT molecular complexity index is 990. The largest absolute Gasteiger partial charge is 0.348 e. The van der Waals surface area contributed by atoms with Gasteiger partial charge in [-0.05, 0) is 67.8 Å². The minimum atomic E-state index is -0.194. The number of rotatable bonds is 5. The molecule has 0 aliphatic heterocycles. The molecule has 0 aliphatic rings. The van der Waals surface area contributed by atoms with Crippen LogP contribution in [0.5, 0.6) is 0 Å². The molecule has 142 valence electrons. The summed E-state index contributed by atoms with van der Waals surface area (Å²) in [6.45, 7) is 6.48. The van der Waals surface area contributed by atoms with E-state index in [1.54, 1.807) is 24.3 Å². The number of carbonyl (C=O) groups excluding carboxylic acids is 2. The van der Waals surface area contributed by atoms with Crippen LogP contribution in [0.15, 0.2) is 66.7 Å². The number of anilines is 1. The fourth-order valence-electron chi connectivity index (χ4n) is 2.84. The van der Waals surface area contributed by atoms with Gasteiger partial charge < -0.3 is 10.6 Å². The lowest BCUT2D eigenvalue weighted by Crippen LogP contribution is -2.23. The van der Waals surface area contributed by atoms with Crippen molar-refractivity contribution in [2.45, 2.75) is 27.3 Å². The highest BCUT2D eigenvalue weighted by Crippen LogP contribution is 2.19. The molecule has 0 saturated carbocycles. The van der Waals surface area contributed by atoms with Gasteiger partial charge in [0.1, 0.15) is 0 Å². The molecule has 3 aromatic carbocycles. The second kappa shape index (κ2) is 8.53. The summed E-state index contributed by atoms with van der Waals surface area (Å²) in [4.78, 5) is 24.8. The van der Waals surface area contributed by atoms with Gasteiger partial charge in [0, 0.05) is 23.4 Å². The van der Waals surface area contributed by atoms with Crippen LogP contribution in [0.1, 0.15) is 43.0 Å². The summed E-state index contributed by atoms with van der Waals surface area (Å²) in [7, 11) is 0. The zero-order valence-corrected chi connectivity index (χ0v) is 16.4. The maximum atomic E-state index is 12.5. The van der Waals surface area contributed by atoms with Gasteiger partial charge in [-0.2, -0.15) is 0 Å². The van der Waals surface area contributed by atoms with E-state index in [-0.39, 0.29) is 11.8 Å². The third-order valence-corrected chi connectivity index (χ3v) is 4.84. The van der Waals surface area contributed by atoms with Gasteiger partial charge in [-0.15, -0.1) is 0 Å². The van der Waals surface area contributed by atoms with Crippen molar-refractivity contribution in [2.24, 2.45) is 0 Å². The predicted molar refractivity (Wildman–Crippen MR) is 113 cm³/mol. The van der Waals surface area contributed by atoms with Crippen LogP contribution in [0.25, 0.3) is 0 Å². The number of benzene rings is 3. The highest BCUT2D eigenvalue weighted by molar-refractivity contribution is 6.05. The van der Waals surface area contributed by atoms with Crippen LogP contribution in [0.2, 0.25) is 0 Å². The Hall–Kier alpha value is -3.40. The van der Waals surface area contributed by atoms with Crippen molar-refractivity contribution in [3.63, 3.8) is 0 Å². The Labute approximate surface area is 165 Å². The summed E-state index contributed by atoms with van der Waals surface area (Å²) in [5.74, 6) is -0.359. The third-order valence-electron chi connectivity index (χ3n) is 4.84. The Balaban J connectivity index is 1.62. The topological polar surface area (TPSA) is 58.2 Å². The van der Waals surface area contributed by atoms with Crippen LogP contribution in [0.4, 0.5) is 5.69 Å². The van der Waals surface area contributed by atoms with Crippen molar-refractivity contribution in [1.29, 1.82) is 0 Å². The highest BCUT2D eigenvalue weighted by atomic mass is 16.2. The molecule has 0 heterocycles. The molecule has 0 fully saturated rings. The van der Waals surface area contributed by atoms with Crippen molar-refractivity contribution in [3.8, 4) is 0 Å². The van der Waals surface area contributed by atoms with Gasteiger partial charge in [0.25, 0.3) is 11.8 Å². The quantitative estimate of drug-likeness (QED) is 0.676.